The van der Waals surface area contributed by atoms with Gasteiger partial charge in [0.15, 0.2) is 0 Å². The number of amides is 2. The van der Waals surface area contributed by atoms with Crippen LogP contribution in [0.15, 0.2) is 52.9 Å². The van der Waals surface area contributed by atoms with E-state index in [2.05, 4.69) is 10.6 Å². The number of carbonyl (C=O) groups excluding carboxylic acids is 2. The van der Waals surface area contributed by atoms with E-state index < -0.39 is 5.91 Å². The second kappa shape index (κ2) is 7.84. The third-order valence-electron chi connectivity index (χ3n) is 5.12. The maximum absolute atomic E-state index is 13.1. The smallest absolute Gasteiger partial charge is 0.293 e. The summed E-state index contributed by atoms with van der Waals surface area (Å²) in [7, 11) is 0. The molecular formula is C22H21FN2O3. The second-order valence-corrected chi connectivity index (χ2v) is 7.17. The van der Waals surface area contributed by atoms with Crippen molar-refractivity contribution in [2.75, 3.05) is 10.6 Å². The van der Waals surface area contributed by atoms with Crippen LogP contribution in [0.3, 0.4) is 0 Å². The van der Waals surface area contributed by atoms with Crippen molar-refractivity contribution in [3.8, 4) is 0 Å². The topological polar surface area (TPSA) is 71.3 Å². The Morgan fingerprint density at radius 3 is 2.46 bits per heavy atom. The highest BCUT2D eigenvalue weighted by Gasteiger charge is 2.24. The summed E-state index contributed by atoms with van der Waals surface area (Å²) in [4.78, 5) is 25.3. The lowest BCUT2D eigenvalue weighted by Crippen LogP contribution is -2.18. The third kappa shape index (κ3) is 3.91. The number of nitrogens with one attached hydrogen (secondary N) is 2. The van der Waals surface area contributed by atoms with Crippen LogP contribution < -0.4 is 10.6 Å². The van der Waals surface area contributed by atoms with Gasteiger partial charge < -0.3 is 15.1 Å². The minimum atomic E-state index is -0.501. The molecule has 0 bridgehead atoms. The summed E-state index contributed by atoms with van der Waals surface area (Å²) in [5, 5.41) is 6.24. The minimum absolute atomic E-state index is 0.0327. The Morgan fingerprint density at radius 2 is 1.71 bits per heavy atom. The van der Waals surface area contributed by atoms with Gasteiger partial charge in [0.05, 0.1) is 0 Å². The largest absolute Gasteiger partial charge is 0.449 e. The fraction of sp³-hybridized carbons (Fsp3) is 0.273. The summed E-state index contributed by atoms with van der Waals surface area (Å²) < 4.78 is 18.8. The molecule has 0 unspecified atom stereocenters. The van der Waals surface area contributed by atoms with Crippen LogP contribution in [0.2, 0.25) is 0 Å². The van der Waals surface area contributed by atoms with Crippen LogP contribution in [-0.2, 0) is 4.79 Å². The third-order valence-corrected chi connectivity index (χ3v) is 5.12. The number of anilines is 2. The Balaban J connectivity index is 1.59. The molecule has 0 aliphatic heterocycles. The molecule has 2 amide bonds. The van der Waals surface area contributed by atoms with Gasteiger partial charge in [-0.3, -0.25) is 9.59 Å². The fourth-order valence-corrected chi connectivity index (χ4v) is 3.72. The first kappa shape index (κ1) is 18.2. The monoisotopic (exact) mass is 380 g/mol. The highest BCUT2D eigenvalue weighted by molar-refractivity contribution is 6.14. The molecule has 2 N–H and O–H groups in total. The fourth-order valence-electron chi connectivity index (χ4n) is 3.72. The molecule has 1 aliphatic rings. The number of para-hydroxylation sites is 1. The molecule has 1 saturated carbocycles. The highest BCUT2D eigenvalue weighted by Crippen LogP contribution is 2.33. The Kier molecular flexibility index (Phi) is 5.10. The van der Waals surface area contributed by atoms with Gasteiger partial charge in [0.2, 0.25) is 11.7 Å². The summed E-state index contributed by atoms with van der Waals surface area (Å²) in [5.74, 6) is -0.574. The minimum Gasteiger partial charge on any atom is -0.449 e. The number of halogens is 1. The van der Waals surface area contributed by atoms with Crippen molar-refractivity contribution < 1.29 is 18.4 Å². The molecule has 4 rings (SSSR count). The number of carbonyl (C=O) groups is 2. The lowest BCUT2D eigenvalue weighted by Gasteiger charge is -2.10. The number of furan rings is 1. The average Bonchev–Trinajstić information content (AvgIpc) is 3.32. The van der Waals surface area contributed by atoms with Gasteiger partial charge >= 0.3 is 0 Å². The molecule has 144 valence electrons. The molecule has 1 heterocycles. The van der Waals surface area contributed by atoms with Crippen LogP contribution in [0.4, 0.5) is 15.8 Å². The van der Waals surface area contributed by atoms with Crippen LogP contribution in [0.5, 0.6) is 0 Å². The molecule has 28 heavy (non-hydrogen) atoms. The first-order valence-corrected chi connectivity index (χ1v) is 9.48. The van der Waals surface area contributed by atoms with Gasteiger partial charge in [-0.05, 0) is 55.2 Å². The number of fused-ring (bicyclic) bond motifs is 1. The molecule has 1 fully saturated rings. The maximum Gasteiger partial charge on any atom is 0.293 e. The average molecular weight is 380 g/mol. The van der Waals surface area contributed by atoms with Gasteiger partial charge in [0.1, 0.15) is 17.1 Å². The molecule has 1 aliphatic carbocycles. The van der Waals surface area contributed by atoms with Gasteiger partial charge in [-0.2, -0.15) is 0 Å². The van der Waals surface area contributed by atoms with Gasteiger partial charge in [-0.25, -0.2) is 4.39 Å². The van der Waals surface area contributed by atoms with E-state index in [1.54, 1.807) is 18.2 Å². The summed E-state index contributed by atoms with van der Waals surface area (Å²) in [6.45, 7) is 0. The Morgan fingerprint density at radius 1 is 1.00 bits per heavy atom. The highest BCUT2D eigenvalue weighted by atomic mass is 19.1. The number of hydrogen-bond acceptors (Lipinski definition) is 3. The Labute approximate surface area is 161 Å². The van der Waals surface area contributed by atoms with E-state index >= 15 is 0 Å². The van der Waals surface area contributed by atoms with Crippen molar-refractivity contribution in [3.05, 3.63) is 60.1 Å². The standard InChI is InChI=1S/C22H21FN2O3/c23-15-9-11-16(12-10-15)24-22(27)21-20(17-7-3-4-8-18(17)28-21)25-19(26)13-14-5-1-2-6-14/h3-4,7-12,14H,1-2,5-6,13H2,(H,24,27)(H,25,26). The van der Waals surface area contributed by atoms with Crippen molar-refractivity contribution in [1.29, 1.82) is 0 Å². The van der Waals surface area contributed by atoms with E-state index in [4.69, 9.17) is 4.42 Å². The molecule has 0 radical (unpaired) electrons. The van der Waals surface area contributed by atoms with Crippen LogP contribution in [0, 0.1) is 11.7 Å². The molecule has 2 aromatic carbocycles. The first-order chi connectivity index (χ1) is 13.6. The van der Waals surface area contributed by atoms with Crippen molar-refractivity contribution in [2.24, 2.45) is 5.92 Å². The van der Waals surface area contributed by atoms with Gasteiger partial charge in [0, 0.05) is 17.5 Å². The van der Waals surface area contributed by atoms with Crippen molar-refractivity contribution in [2.45, 2.75) is 32.1 Å². The normalized spacial score (nSPS) is 14.3. The molecular weight excluding hydrogens is 359 g/mol. The summed E-state index contributed by atoms with van der Waals surface area (Å²) >= 11 is 0. The quantitative estimate of drug-likeness (QED) is 0.627. The van der Waals surface area contributed by atoms with Crippen LogP contribution >= 0.6 is 0 Å². The number of benzene rings is 2. The predicted octanol–water partition coefficient (Wildman–Crippen LogP) is 5.34. The number of rotatable bonds is 5. The molecule has 5 nitrogen and oxygen atoms in total. The molecule has 1 aromatic heterocycles. The molecule has 0 saturated heterocycles. The Bertz CT molecular complexity index is 1000. The predicted molar refractivity (Wildman–Crippen MR) is 106 cm³/mol. The van der Waals surface area contributed by atoms with Crippen molar-refractivity contribution >= 4 is 34.2 Å². The maximum atomic E-state index is 13.1. The van der Waals surface area contributed by atoms with Crippen LogP contribution in [0.25, 0.3) is 11.0 Å². The zero-order valence-corrected chi connectivity index (χ0v) is 15.3. The van der Waals surface area contributed by atoms with Gasteiger partial charge in [0.25, 0.3) is 5.91 Å². The van der Waals surface area contributed by atoms with Crippen LogP contribution in [-0.4, -0.2) is 11.8 Å². The van der Waals surface area contributed by atoms with E-state index in [-0.39, 0.29) is 17.5 Å². The van der Waals surface area contributed by atoms with Gasteiger partial charge in [-0.15, -0.1) is 0 Å². The molecule has 6 heteroatoms. The SMILES string of the molecule is O=C(CC1CCCC1)Nc1c(C(=O)Nc2ccc(F)cc2)oc2ccccc12. The second-order valence-electron chi connectivity index (χ2n) is 7.17. The summed E-state index contributed by atoms with van der Waals surface area (Å²) in [6.07, 6.45) is 4.91. The number of hydrogen-bond donors (Lipinski definition) is 2. The van der Waals surface area contributed by atoms with E-state index in [1.807, 2.05) is 6.07 Å². The van der Waals surface area contributed by atoms with E-state index in [1.165, 1.54) is 24.3 Å². The van der Waals surface area contributed by atoms with Gasteiger partial charge in [-0.1, -0.05) is 25.0 Å². The van der Waals surface area contributed by atoms with E-state index in [0.717, 1.165) is 25.7 Å². The van der Waals surface area contributed by atoms with E-state index in [9.17, 15) is 14.0 Å². The Hall–Kier alpha value is -3.15. The molecule has 3 aromatic rings. The zero-order valence-electron chi connectivity index (χ0n) is 15.3. The lowest BCUT2D eigenvalue weighted by atomic mass is 10.0. The van der Waals surface area contributed by atoms with Crippen molar-refractivity contribution in [3.63, 3.8) is 0 Å². The van der Waals surface area contributed by atoms with E-state index in [0.29, 0.717) is 34.7 Å². The first-order valence-electron chi connectivity index (χ1n) is 9.48. The summed E-state index contributed by atoms with van der Waals surface area (Å²) in [5.41, 5.74) is 1.33. The molecule has 0 spiro atoms. The van der Waals surface area contributed by atoms with Crippen LogP contribution in [0.1, 0.15) is 42.7 Å². The molecule has 0 atom stereocenters. The zero-order chi connectivity index (χ0) is 19.5. The summed E-state index contributed by atoms with van der Waals surface area (Å²) in [6, 6.07) is 12.6. The van der Waals surface area contributed by atoms with Crippen molar-refractivity contribution in [1.82, 2.24) is 0 Å². The lowest BCUT2D eigenvalue weighted by molar-refractivity contribution is -0.117.